The maximum Gasteiger partial charge on any atom is 0.305 e. The summed E-state index contributed by atoms with van der Waals surface area (Å²) in [7, 11) is 0. The minimum absolute atomic E-state index is 0.489. The Labute approximate surface area is 112 Å². The Morgan fingerprint density at radius 1 is 1.53 bits per heavy atom. The third kappa shape index (κ3) is 5.18. The molecule has 0 unspecified atom stereocenters. The van der Waals surface area contributed by atoms with E-state index in [4.69, 9.17) is 0 Å². The van der Waals surface area contributed by atoms with Crippen LogP contribution in [0.3, 0.4) is 0 Å². The first kappa shape index (κ1) is 15.3. The number of nitro benzene ring substituents is 1. The van der Waals surface area contributed by atoms with Gasteiger partial charge in [-0.25, -0.2) is 0 Å². The third-order valence-corrected chi connectivity index (χ3v) is 2.54. The molecule has 0 saturated carbocycles. The Morgan fingerprint density at radius 3 is 2.79 bits per heavy atom. The number of benzene rings is 1. The summed E-state index contributed by atoms with van der Waals surface area (Å²) in [5.74, 6) is -0.238. The van der Waals surface area contributed by atoms with E-state index in [0.717, 1.165) is 18.2 Å². The summed E-state index contributed by atoms with van der Waals surface area (Å²) in [4.78, 5) is 9.93. The third-order valence-electron chi connectivity index (χ3n) is 2.54. The highest BCUT2D eigenvalue weighted by atomic mass is 19.1. The topological polar surface area (TPSA) is 55.2 Å². The monoisotopic (exact) mass is 266 g/mol. The predicted molar refractivity (Wildman–Crippen MR) is 74.4 cm³/mol. The van der Waals surface area contributed by atoms with Gasteiger partial charge in [0.2, 0.25) is 5.82 Å². The van der Waals surface area contributed by atoms with Gasteiger partial charge in [0.25, 0.3) is 0 Å². The molecule has 0 aliphatic heterocycles. The number of nitrogens with zero attached hydrogens (tertiary/aromatic N) is 1. The van der Waals surface area contributed by atoms with Gasteiger partial charge in [-0.15, -0.1) is 0 Å². The van der Waals surface area contributed by atoms with Gasteiger partial charge in [0, 0.05) is 12.6 Å². The van der Waals surface area contributed by atoms with Crippen molar-refractivity contribution in [3.05, 3.63) is 45.3 Å². The summed E-state index contributed by atoms with van der Waals surface area (Å²) in [6, 6.07) is 3.91. The van der Waals surface area contributed by atoms with Crippen molar-refractivity contribution in [1.29, 1.82) is 0 Å². The number of nitrogens with one attached hydrogen (secondary N) is 1. The van der Waals surface area contributed by atoms with Crippen LogP contribution in [-0.4, -0.2) is 18.0 Å². The summed E-state index contributed by atoms with van der Waals surface area (Å²) < 4.78 is 13.2. The Kier molecular flexibility index (Phi) is 5.63. The van der Waals surface area contributed by atoms with Crippen molar-refractivity contribution in [3.63, 3.8) is 0 Å². The highest BCUT2D eigenvalue weighted by molar-refractivity contribution is 5.56. The van der Waals surface area contributed by atoms with Crippen LogP contribution in [0, 0.1) is 21.8 Å². The summed E-state index contributed by atoms with van der Waals surface area (Å²) >= 11 is 0. The fourth-order valence-electron chi connectivity index (χ4n) is 1.65. The molecular weight excluding hydrogens is 247 g/mol. The van der Waals surface area contributed by atoms with Crippen molar-refractivity contribution in [1.82, 2.24) is 5.32 Å². The molecule has 0 aromatic heterocycles. The van der Waals surface area contributed by atoms with Crippen LogP contribution < -0.4 is 5.32 Å². The van der Waals surface area contributed by atoms with Gasteiger partial charge in [-0.1, -0.05) is 31.6 Å². The summed E-state index contributed by atoms with van der Waals surface area (Å²) in [6.45, 7) is 7.80. The fraction of sp³-hybridized carbons (Fsp3) is 0.429. The molecule has 0 radical (unpaired) electrons. The first-order valence-corrected chi connectivity index (χ1v) is 6.22. The summed E-state index contributed by atoms with van der Waals surface area (Å²) in [6.07, 6.45) is 1.82. The smallest absolute Gasteiger partial charge is 0.305 e. The number of hydrogen-bond acceptors (Lipinski definition) is 3. The van der Waals surface area contributed by atoms with Crippen molar-refractivity contribution in [2.75, 3.05) is 13.1 Å². The molecule has 0 spiro atoms. The van der Waals surface area contributed by atoms with Gasteiger partial charge in [-0.3, -0.25) is 10.1 Å². The lowest BCUT2D eigenvalue weighted by Crippen LogP contribution is -2.21. The normalized spacial score (nSPS) is 11.9. The lowest BCUT2D eigenvalue weighted by Gasteiger charge is -2.07. The first-order valence-electron chi connectivity index (χ1n) is 6.22. The minimum Gasteiger partial charge on any atom is -0.313 e. The molecule has 0 fully saturated rings. The average Bonchev–Trinajstić information content (AvgIpc) is 2.30. The van der Waals surface area contributed by atoms with Crippen molar-refractivity contribution < 1.29 is 9.31 Å². The van der Waals surface area contributed by atoms with Gasteiger partial charge in [0.05, 0.1) is 4.92 Å². The van der Waals surface area contributed by atoms with Crippen LogP contribution in [0.1, 0.15) is 26.3 Å². The van der Waals surface area contributed by atoms with Crippen molar-refractivity contribution in [3.8, 4) is 0 Å². The van der Waals surface area contributed by atoms with Crippen LogP contribution in [0.5, 0.6) is 0 Å². The standard InChI is InChI=1S/C14H19FN2O2/c1-10(2)8-16-9-11(3)6-12-4-5-13(15)14(7-12)17(18)19/h4-7,10,16H,8-9H2,1-3H3/b11-6+. The molecule has 1 aromatic rings. The molecule has 0 aliphatic rings. The van der Waals surface area contributed by atoms with Gasteiger partial charge in [0.1, 0.15) is 0 Å². The van der Waals surface area contributed by atoms with Crippen molar-refractivity contribution >= 4 is 11.8 Å². The Hall–Kier alpha value is -1.75. The lowest BCUT2D eigenvalue weighted by atomic mass is 10.1. The van der Waals surface area contributed by atoms with Crippen LogP contribution >= 0.6 is 0 Å². The Balaban J connectivity index is 2.75. The second-order valence-corrected chi connectivity index (χ2v) is 4.98. The number of rotatable bonds is 6. The minimum atomic E-state index is -0.808. The highest BCUT2D eigenvalue weighted by Crippen LogP contribution is 2.20. The van der Waals surface area contributed by atoms with Crippen LogP contribution in [0.4, 0.5) is 10.1 Å². The highest BCUT2D eigenvalue weighted by Gasteiger charge is 2.13. The van der Waals surface area contributed by atoms with E-state index in [9.17, 15) is 14.5 Å². The van der Waals surface area contributed by atoms with Gasteiger partial charge in [-0.2, -0.15) is 4.39 Å². The maximum absolute atomic E-state index is 13.2. The van der Waals surface area contributed by atoms with Crippen LogP contribution in [0.15, 0.2) is 23.8 Å². The van der Waals surface area contributed by atoms with Crippen LogP contribution in [-0.2, 0) is 0 Å². The van der Waals surface area contributed by atoms with Crippen molar-refractivity contribution in [2.24, 2.45) is 5.92 Å². The zero-order valence-corrected chi connectivity index (χ0v) is 11.4. The molecule has 0 heterocycles. The van der Waals surface area contributed by atoms with Crippen LogP contribution in [0.2, 0.25) is 0 Å². The zero-order chi connectivity index (χ0) is 14.4. The molecule has 0 bridgehead atoms. The molecule has 5 heteroatoms. The molecule has 0 amide bonds. The maximum atomic E-state index is 13.2. The van der Waals surface area contributed by atoms with Gasteiger partial charge >= 0.3 is 5.69 Å². The first-order chi connectivity index (χ1) is 8.90. The van der Waals surface area contributed by atoms with E-state index in [1.807, 2.05) is 13.0 Å². The summed E-state index contributed by atoms with van der Waals surface area (Å²) in [5, 5.41) is 13.9. The fourth-order valence-corrected chi connectivity index (χ4v) is 1.65. The average molecular weight is 266 g/mol. The molecule has 0 saturated heterocycles. The second-order valence-electron chi connectivity index (χ2n) is 4.98. The number of nitro groups is 1. The van der Waals surface area contributed by atoms with Gasteiger partial charge in [-0.05, 0) is 31.0 Å². The SMILES string of the molecule is C/C(=C\c1ccc(F)c([N+](=O)[O-])c1)CNCC(C)C. The molecule has 104 valence electrons. The molecule has 19 heavy (non-hydrogen) atoms. The molecular formula is C14H19FN2O2. The largest absolute Gasteiger partial charge is 0.313 e. The lowest BCUT2D eigenvalue weighted by molar-refractivity contribution is -0.387. The molecule has 1 N–H and O–H groups in total. The van der Waals surface area contributed by atoms with E-state index >= 15 is 0 Å². The van der Waals surface area contributed by atoms with E-state index in [0.29, 0.717) is 18.0 Å². The van der Waals surface area contributed by atoms with E-state index in [1.54, 1.807) is 0 Å². The molecule has 1 rings (SSSR count). The quantitative estimate of drug-likeness (QED) is 0.634. The Morgan fingerprint density at radius 2 is 2.21 bits per heavy atom. The predicted octanol–water partition coefficient (Wildman–Crippen LogP) is 3.38. The second kappa shape index (κ2) is 6.99. The molecule has 4 nitrogen and oxygen atoms in total. The number of hydrogen-bond donors (Lipinski definition) is 1. The van der Waals surface area contributed by atoms with E-state index in [2.05, 4.69) is 19.2 Å². The van der Waals surface area contributed by atoms with E-state index in [1.165, 1.54) is 12.1 Å². The van der Waals surface area contributed by atoms with Crippen LogP contribution in [0.25, 0.3) is 6.08 Å². The van der Waals surface area contributed by atoms with Crippen molar-refractivity contribution in [2.45, 2.75) is 20.8 Å². The molecule has 0 atom stereocenters. The van der Waals surface area contributed by atoms with E-state index in [-0.39, 0.29) is 0 Å². The molecule has 0 aliphatic carbocycles. The van der Waals surface area contributed by atoms with E-state index < -0.39 is 16.4 Å². The molecule has 1 aromatic carbocycles. The van der Waals surface area contributed by atoms with Gasteiger partial charge < -0.3 is 5.32 Å². The Bertz CT molecular complexity index is 484. The summed E-state index contributed by atoms with van der Waals surface area (Å²) in [5.41, 5.74) is 1.19. The zero-order valence-electron chi connectivity index (χ0n) is 11.4. The number of halogens is 1. The van der Waals surface area contributed by atoms with Gasteiger partial charge in [0.15, 0.2) is 0 Å².